The van der Waals surface area contributed by atoms with Crippen LogP contribution in [0.1, 0.15) is 25.7 Å². The van der Waals surface area contributed by atoms with Crippen LogP contribution in [0.25, 0.3) is 0 Å². The SMILES string of the molecule is NC(CC1CC=CCC1)C(F)(F)F. The molecule has 2 N–H and O–H groups in total. The van der Waals surface area contributed by atoms with E-state index in [-0.39, 0.29) is 12.3 Å². The number of nitrogens with two attached hydrogens (primary N) is 1. The maximum Gasteiger partial charge on any atom is 0.403 e. The van der Waals surface area contributed by atoms with Gasteiger partial charge in [0, 0.05) is 0 Å². The number of allylic oxidation sites excluding steroid dienone is 2. The predicted molar refractivity (Wildman–Crippen MR) is 45.1 cm³/mol. The molecule has 0 amide bonds. The second-order valence-electron chi connectivity index (χ2n) is 3.53. The lowest BCUT2D eigenvalue weighted by molar-refractivity contribution is -0.151. The first-order chi connectivity index (χ1) is 6.00. The van der Waals surface area contributed by atoms with E-state index >= 15 is 0 Å². The largest absolute Gasteiger partial charge is 0.403 e. The summed E-state index contributed by atoms with van der Waals surface area (Å²) in [6.07, 6.45) is 2.24. The zero-order valence-electron chi connectivity index (χ0n) is 7.35. The molecule has 76 valence electrons. The summed E-state index contributed by atoms with van der Waals surface area (Å²) < 4.78 is 36.2. The molecule has 2 atom stereocenters. The Balaban J connectivity index is 2.35. The van der Waals surface area contributed by atoms with Crippen molar-refractivity contribution in [2.75, 3.05) is 0 Å². The molecule has 0 aromatic heterocycles. The zero-order chi connectivity index (χ0) is 9.90. The van der Waals surface area contributed by atoms with Crippen molar-refractivity contribution in [2.45, 2.75) is 37.9 Å². The minimum atomic E-state index is -4.23. The number of hydrogen-bond acceptors (Lipinski definition) is 1. The molecule has 0 saturated heterocycles. The van der Waals surface area contributed by atoms with Crippen molar-refractivity contribution >= 4 is 0 Å². The van der Waals surface area contributed by atoms with Gasteiger partial charge in [-0.1, -0.05) is 12.2 Å². The number of rotatable bonds is 2. The Morgan fingerprint density at radius 1 is 1.38 bits per heavy atom. The van der Waals surface area contributed by atoms with E-state index in [2.05, 4.69) is 0 Å². The summed E-state index contributed by atoms with van der Waals surface area (Å²) in [5.41, 5.74) is 5.03. The fraction of sp³-hybridized carbons (Fsp3) is 0.778. The van der Waals surface area contributed by atoms with Crippen LogP contribution in [-0.2, 0) is 0 Å². The first-order valence-corrected chi connectivity index (χ1v) is 4.47. The molecule has 0 bridgehead atoms. The van der Waals surface area contributed by atoms with E-state index in [1.165, 1.54) is 0 Å². The van der Waals surface area contributed by atoms with Gasteiger partial charge in [0.25, 0.3) is 0 Å². The van der Waals surface area contributed by atoms with Gasteiger partial charge in [0.1, 0.15) is 6.04 Å². The van der Waals surface area contributed by atoms with Crippen LogP contribution in [0, 0.1) is 5.92 Å². The third-order valence-electron chi connectivity index (χ3n) is 2.39. The number of alkyl halides is 3. The highest BCUT2D eigenvalue weighted by atomic mass is 19.4. The van der Waals surface area contributed by atoms with E-state index in [1.54, 1.807) is 0 Å². The lowest BCUT2D eigenvalue weighted by atomic mass is 9.89. The third kappa shape index (κ3) is 3.38. The Morgan fingerprint density at radius 2 is 2.08 bits per heavy atom. The summed E-state index contributed by atoms with van der Waals surface area (Å²) in [6, 6.07) is -1.65. The molecule has 0 saturated carbocycles. The molecule has 0 radical (unpaired) electrons. The van der Waals surface area contributed by atoms with Gasteiger partial charge >= 0.3 is 6.18 Å². The summed E-state index contributed by atoms with van der Waals surface area (Å²) in [5.74, 6) is 0.113. The van der Waals surface area contributed by atoms with Gasteiger partial charge in [0.15, 0.2) is 0 Å². The molecule has 4 heteroatoms. The van der Waals surface area contributed by atoms with Gasteiger partial charge in [0.2, 0.25) is 0 Å². The highest BCUT2D eigenvalue weighted by Crippen LogP contribution is 2.28. The standard InChI is InChI=1S/C9H14F3N/c10-9(11,12)8(13)6-7-4-2-1-3-5-7/h1-2,7-8H,3-6,13H2. The van der Waals surface area contributed by atoms with Crippen molar-refractivity contribution in [3.8, 4) is 0 Å². The van der Waals surface area contributed by atoms with Crippen molar-refractivity contribution in [1.82, 2.24) is 0 Å². The van der Waals surface area contributed by atoms with Gasteiger partial charge in [-0.2, -0.15) is 13.2 Å². The highest BCUT2D eigenvalue weighted by Gasteiger charge is 2.37. The fourth-order valence-corrected chi connectivity index (χ4v) is 1.56. The van der Waals surface area contributed by atoms with Crippen LogP contribution in [0.3, 0.4) is 0 Å². The molecule has 1 rings (SSSR count). The van der Waals surface area contributed by atoms with Crippen LogP contribution < -0.4 is 5.73 Å². The van der Waals surface area contributed by atoms with Crippen LogP contribution in [0.2, 0.25) is 0 Å². The highest BCUT2D eigenvalue weighted by molar-refractivity contribution is 4.91. The lowest BCUT2D eigenvalue weighted by Gasteiger charge is -2.23. The lowest BCUT2D eigenvalue weighted by Crippen LogP contribution is -2.39. The van der Waals surface area contributed by atoms with Crippen LogP contribution in [0.5, 0.6) is 0 Å². The molecule has 2 unspecified atom stereocenters. The maximum absolute atomic E-state index is 12.1. The molecular formula is C9H14F3N. The molecule has 13 heavy (non-hydrogen) atoms. The van der Waals surface area contributed by atoms with Crippen LogP contribution >= 0.6 is 0 Å². The average molecular weight is 193 g/mol. The summed E-state index contributed by atoms with van der Waals surface area (Å²) in [7, 11) is 0. The Bertz CT molecular complexity index is 186. The van der Waals surface area contributed by atoms with Crippen LogP contribution in [0.15, 0.2) is 12.2 Å². The Labute approximate surface area is 75.8 Å². The third-order valence-corrected chi connectivity index (χ3v) is 2.39. The molecule has 0 fully saturated rings. The summed E-state index contributed by atoms with van der Waals surface area (Å²) in [5, 5.41) is 0. The predicted octanol–water partition coefficient (Wildman–Crippen LogP) is 2.62. The van der Waals surface area contributed by atoms with E-state index in [0.29, 0.717) is 0 Å². The van der Waals surface area contributed by atoms with Crippen molar-refractivity contribution in [1.29, 1.82) is 0 Å². The van der Waals surface area contributed by atoms with Gasteiger partial charge < -0.3 is 5.73 Å². The topological polar surface area (TPSA) is 26.0 Å². The smallest absolute Gasteiger partial charge is 0.320 e. The van der Waals surface area contributed by atoms with Crippen molar-refractivity contribution in [2.24, 2.45) is 11.7 Å². The molecule has 0 heterocycles. The second-order valence-corrected chi connectivity index (χ2v) is 3.53. The van der Waals surface area contributed by atoms with E-state index in [1.807, 2.05) is 12.2 Å². The normalized spacial score (nSPS) is 26.0. The van der Waals surface area contributed by atoms with Gasteiger partial charge in [0.05, 0.1) is 0 Å². The van der Waals surface area contributed by atoms with Gasteiger partial charge in [-0.05, 0) is 31.6 Å². The number of halogens is 3. The zero-order valence-corrected chi connectivity index (χ0v) is 7.35. The van der Waals surface area contributed by atoms with Gasteiger partial charge in [-0.25, -0.2) is 0 Å². The van der Waals surface area contributed by atoms with E-state index < -0.39 is 12.2 Å². The molecule has 0 aliphatic heterocycles. The first-order valence-electron chi connectivity index (χ1n) is 4.47. The van der Waals surface area contributed by atoms with Crippen molar-refractivity contribution in [3.63, 3.8) is 0 Å². The van der Waals surface area contributed by atoms with E-state index in [9.17, 15) is 13.2 Å². The summed E-state index contributed by atoms with van der Waals surface area (Å²) in [6.45, 7) is 0. The molecule has 0 spiro atoms. The molecule has 1 aliphatic rings. The minimum Gasteiger partial charge on any atom is -0.320 e. The monoisotopic (exact) mass is 193 g/mol. The van der Waals surface area contributed by atoms with Gasteiger partial charge in [-0.15, -0.1) is 0 Å². The number of hydrogen-bond donors (Lipinski definition) is 1. The van der Waals surface area contributed by atoms with Crippen molar-refractivity contribution < 1.29 is 13.2 Å². The first kappa shape index (κ1) is 10.6. The van der Waals surface area contributed by atoms with E-state index in [0.717, 1.165) is 19.3 Å². The van der Waals surface area contributed by atoms with E-state index in [4.69, 9.17) is 5.73 Å². The molecule has 1 nitrogen and oxygen atoms in total. The molecule has 1 aliphatic carbocycles. The average Bonchev–Trinajstić information content (AvgIpc) is 2.04. The second kappa shape index (κ2) is 4.13. The van der Waals surface area contributed by atoms with Crippen LogP contribution in [0.4, 0.5) is 13.2 Å². The van der Waals surface area contributed by atoms with Crippen LogP contribution in [-0.4, -0.2) is 12.2 Å². The Hall–Kier alpha value is -0.510. The molecule has 0 aromatic carbocycles. The minimum absolute atomic E-state index is 0.0633. The van der Waals surface area contributed by atoms with Crippen molar-refractivity contribution in [3.05, 3.63) is 12.2 Å². The quantitative estimate of drug-likeness (QED) is 0.670. The summed E-state index contributed by atoms with van der Waals surface area (Å²) in [4.78, 5) is 0. The maximum atomic E-state index is 12.1. The molecular weight excluding hydrogens is 179 g/mol. The Kier molecular flexibility index (Phi) is 3.36. The molecule has 0 aromatic rings. The fourth-order valence-electron chi connectivity index (χ4n) is 1.56. The summed E-state index contributed by atoms with van der Waals surface area (Å²) >= 11 is 0. The Morgan fingerprint density at radius 3 is 2.54 bits per heavy atom. The van der Waals surface area contributed by atoms with Gasteiger partial charge in [-0.3, -0.25) is 0 Å².